The van der Waals surface area contributed by atoms with Crippen molar-refractivity contribution in [1.29, 1.82) is 0 Å². The molecule has 0 fully saturated rings. The molecule has 0 saturated heterocycles. The Kier molecular flexibility index (Phi) is 3.65. The van der Waals surface area contributed by atoms with Gasteiger partial charge in [-0.2, -0.15) is 18.3 Å². The average Bonchev–Trinajstić information content (AvgIpc) is 2.90. The van der Waals surface area contributed by atoms with Gasteiger partial charge in [0.15, 0.2) is 12.0 Å². The second kappa shape index (κ2) is 5.48. The molecule has 9 heteroatoms. The second-order valence-electron chi connectivity index (χ2n) is 4.42. The lowest BCUT2D eigenvalue weighted by molar-refractivity contribution is -0.0370. The Morgan fingerprint density at radius 2 is 2.05 bits per heavy atom. The number of fused-ring (bicyclic) bond motifs is 1. The highest BCUT2D eigenvalue weighted by atomic mass is 32.2. The highest BCUT2D eigenvalue weighted by molar-refractivity contribution is 7.95. The topological polar surface area (TPSA) is 52.8 Å². The van der Waals surface area contributed by atoms with Crippen molar-refractivity contribution in [3.63, 3.8) is 0 Å². The van der Waals surface area contributed by atoms with E-state index >= 15 is 0 Å². The second-order valence-corrected chi connectivity index (χ2v) is 5.21. The van der Waals surface area contributed by atoms with E-state index in [-0.39, 0.29) is 5.88 Å². The molecule has 0 aliphatic heterocycles. The third-order valence-corrected chi connectivity index (χ3v) is 3.27. The van der Waals surface area contributed by atoms with Gasteiger partial charge >= 0.3 is 5.51 Å². The Morgan fingerprint density at radius 1 is 1.23 bits per heavy atom. The third-order valence-electron chi connectivity index (χ3n) is 2.82. The monoisotopic (exact) mass is 326 g/mol. The Labute approximate surface area is 127 Å². The molecule has 0 saturated carbocycles. The SMILES string of the molecule is Cn1cc(-c2nccc3cnc(OSC(F)(F)F)cc23)cn1. The summed E-state index contributed by atoms with van der Waals surface area (Å²) in [5.74, 6) is -0.132. The van der Waals surface area contributed by atoms with Crippen LogP contribution in [0.2, 0.25) is 0 Å². The molecular formula is C13H9F3N4OS. The summed E-state index contributed by atoms with van der Waals surface area (Å²) in [6.45, 7) is 0. The molecule has 0 aromatic carbocycles. The van der Waals surface area contributed by atoms with Gasteiger partial charge in [-0.05, 0) is 6.07 Å². The lowest BCUT2D eigenvalue weighted by Crippen LogP contribution is -2.03. The number of hydrogen-bond donors (Lipinski definition) is 0. The maximum absolute atomic E-state index is 12.2. The standard InChI is InChI=1S/C13H9F3N4OS/c1-20-7-9(6-19-20)12-10-4-11(21-22-13(14,15)16)18-5-8(10)2-3-17-12/h2-7H,1H3. The minimum absolute atomic E-state index is 0.132. The largest absolute Gasteiger partial charge is 0.479 e. The lowest BCUT2D eigenvalue weighted by atomic mass is 10.1. The Hall–Kier alpha value is -2.29. The number of aryl methyl sites for hydroxylation is 1. The van der Waals surface area contributed by atoms with Gasteiger partial charge < -0.3 is 4.18 Å². The van der Waals surface area contributed by atoms with Crippen LogP contribution >= 0.6 is 12.0 Å². The zero-order valence-corrected chi connectivity index (χ0v) is 12.0. The molecule has 3 heterocycles. The van der Waals surface area contributed by atoms with Crippen molar-refractivity contribution >= 4 is 22.8 Å². The zero-order valence-electron chi connectivity index (χ0n) is 11.2. The Bertz CT molecular complexity index is 818. The first-order valence-corrected chi connectivity index (χ1v) is 6.83. The number of pyridine rings is 2. The fourth-order valence-electron chi connectivity index (χ4n) is 1.96. The van der Waals surface area contributed by atoms with Gasteiger partial charge in [-0.3, -0.25) is 9.67 Å². The van der Waals surface area contributed by atoms with Crippen LogP contribution in [0.5, 0.6) is 5.88 Å². The van der Waals surface area contributed by atoms with Crippen molar-refractivity contribution in [3.8, 4) is 17.1 Å². The van der Waals surface area contributed by atoms with E-state index in [1.54, 1.807) is 36.4 Å². The summed E-state index contributed by atoms with van der Waals surface area (Å²) in [6, 6.07) is 3.16. The first-order chi connectivity index (χ1) is 10.4. The quantitative estimate of drug-likeness (QED) is 0.689. The van der Waals surface area contributed by atoms with Crippen LogP contribution in [-0.4, -0.2) is 25.3 Å². The Morgan fingerprint density at radius 3 is 2.73 bits per heavy atom. The van der Waals surface area contributed by atoms with Crippen LogP contribution < -0.4 is 4.18 Å². The molecule has 3 aromatic heterocycles. The zero-order chi connectivity index (χ0) is 15.7. The molecule has 0 bridgehead atoms. The Balaban J connectivity index is 2.02. The fraction of sp³-hybridized carbons (Fsp3) is 0.154. The van der Waals surface area contributed by atoms with Crippen LogP contribution in [0.15, 0.2) is 36.9 Å². The third kappa shape index (κ3) is 3.14. The molecule has 3 aromatic rings. The summed E-state index contributed by atoms with van der Waals surface area (Å²) in [6.07, 6.45) is 6.46. The predicted molar refractivity (Wildman–Crippen MR) is 76.0 cm³/mol. The number of nitrogens with zero attached hydrogens (tertiary/aromatic N) is 4. The predicted octanol–water partition coefficient (Wildman–Crippen LogP) is 3.58. The molecule has 0 atom stereocenters. The maximum Gasteiger partial charge on any atom is 0.479 e. The van der Waals surface area contributed by atoms with Crippen molar-refractivity contribution in [2.75, 3.05) is 0 Å². The van der Waals surface area contributed by atoms with E-state index in [9.17, 15) is 13.2 Å². The van der Waals surface area contributed by atoms with Crippen molar-refractivity contribution < 1.29 is 17.4 Å². The van der Waals surface area contributed by atoms with Crippen molar-refractivity contribution in [2.45, 2.75) is 5.51 Å². The fourth-order valence-corrected chi connectivity index (χ4v) is 2.23. The molecule has 3 rings (SSSR count). The van der Waals surface area contributed by atoms with Gasteiger partial charge in [0.25, 0.3) is 0 Å². The lowest BCUT2D eigenvalue weighted by Gasteiger charge is -2.08. The molecule has 0 aliphatic rings. The minimum atomic E-state index is -4.49. The molecule has 0 spiro atoms. The highest BCUT2D eigenvalue weighted by Gasteiger charge is 2.31. The van der Waals surface area contributed by atoms with E-state index in [4.69, 9.17) is 0 Å². The van der Waals surface area contributed by atoms with Crippen molar-refractivity contribution in [3.05, 3.63) is 36.9 Å². The molecule has 0 aliphatic carbocycles. The van der Waals surface area contributed by atoms with Gasteiger partial charge in [-0.1, -0.05) is 0 Å². The van der Waals surface area contributed by atoms with Crippen molar-refractivity contribution in [2.24, 2.45) is 7.05 Å². The minimum Gasteiger partial charge on any atom is -0.397 e. The molecule has 114 valence electrons. The number of rotatable bonds is 3. The van der Waals surface area contributed by atoms with Crippen LogP contribution in [0, 0.1) is 0 Å². The number of halogens is 3. The van der Waals surface area contributed by atoms with E-state index in [1.807, 2.05) is 0 Å². The molecular weight excluding hydrogens is 317 g/mol. The molecule has 0 unspecified atom stereocenters. The molecule has 5 nitrogen and oxygen atoms in total. The van der Waals surface area contributed by atoms with E-state index in [2.05, 4.69) is 19.2 Å². The molecule has 0 amide bonds. The first-order valence-electron chi connectivity index (χ1n) is 6.08. The summed E-state index contributed by atoms with van der Waals surface area (Å²) in [7, 11) is 1.77. The van der Waals surface area contributed by atoms with Gasteiger partial charge in [0.05, 0.1) is 11.9 Å². The first kappa shape index (κ1) is 14.6. The summed E-state index contributed by atoms with van der Waals surface area (Å²) < 4.78 is 42.8. The summed E-state index contributed by atoms with van der Waals surface area (Å²) in [5, 5.41) is 5.46. The van der Waals surface area contributed by atoms with Crippen LogP contribution in [0.25, 0.3) is 22.0 Å². The van der Waals surface area contributed by atoms with E-state index in [0.29, 0.717) is 11.1 Å². The van der Waals surface area contributed by atoms with E-state index < -0.39 is 17.6 Å². The maximum atomic E-state index is 12.2. The number of alkyl halides is 3. The van der Waals surface area contributed by atoms with Gasteiger partial charge in [0.1, 0.15) is 0 Å². The van der Waals surface area contributed by atoms with E-state index in [1.165, 1.54) is 12.3 Å². The van der Waals surface area contributed by atoms with Gasteiger partial charge in [-0.25, -0.2) is 4.98 Å². The van der Waals surface area contributed by atoms with Gasteiger partial charge in [-0.15, -0.1) is 0 Å². The normalized spacial score (nSPS) is 11.8. The average molecular weight is 326 g/mol. The smallest absolute Gasteiger partial charge is 0.397 e. The van der Waals surface area contributed by atoms with Gasteiger partial charge in [0, 0.05) is 48.0 Å². The molecule has 0 N–H and O–H groups in total. The molecule has 22 heavy (non-hydrogen) atoms. The van der Waals surface area contributed by atoms with Crippen LogP contribution in [0.3, 0.4) is 0 Å². The number of hydrogen-bond acceptors (Lipinski definition) is 5. The van der Waals surface area contributed by atoms with Crippen LogP contribution in [-0.2, 0) is 7.05 Å². The summed E-state index contributed by atoms with van der Waals surface area (Å²) >= 11 is -0.598. The van der Waals surface area contributed by atoms with E-state index in [0.717, 1.165) is 10.9 Å². The highest BCUT2D eigenvalue weighted by Crippen LogP contribution is 2.34. The van der Waals surface area contributed by atoms with Crippen molar-refractivity contribution in [1.82, 2.24) is 19.7 Å². The summed E-state index contributed by atoms with van der Waals surface area (Å²) in [5.41, 5.74) is -3.12. The van der Waals surface area contributed by atoms with Crippen LogP contribution in [0.4, 0.5) is 13.2 Å². The summed E-state index contributed by atoms with van der Waals surface area (Å²) in [4.78, 5) is 8.13. The number of aromatic nitrogens is 4. The molecule has 0 radical (unpaired) electrons. The van der Waals surface area contributed by atoms with Crippen LogP contribution in [0.1, 0.15) is 0 Å². The van der Waals surface area contributed by atoms with Gasteiger partial charge in [0.2, 0.25) is 5.88 Å².